The molecule has 1 amide bonds. The van der Waals surface area contributed by atoms with E-state index in [-0.39, 0.29) is 29.5 Å². The van der Waals surface area contributed by atoms with Crippen LogP contribution < -0.4 is 15.4 Å². The van der Waals surface area contributed by atoms with Gasteiger partial charge in [-0.25, -0.2) is 23.4 Å². The van der Waals surface area contributed by atoms with Crippen LogP contribution in [0.1, 0.15) is 68.6 Å². The Morgan fingerprint density at radius 3 is 2.39 bits per heavy atom. The van der Waals surface area contributed by atoms with E-state index < -0.39 is 23.6 Å². The first-order valence-electron chi connectivity index (χ1n) is 14.1. The SMILES string of the molecule is CC1(C)CCN(c2cc(C(C)(C)N)cc(OC3[C@H]4CN(C(=O)c5cn(-c6ncccn6)nc5C(F)F)C[C@@H]34)n2)CC1. The second-order valence-corrected chi connectivity index (χ2v) is 12.8. The van der Waals surface area contributed by atoms with Crippen molar-refractivity contribution in [3.8, 4) is 11.8 Å². The minimum atomic E-state index is -2.91. The van der Waals surface area contributed by atoms with Crippen LogP contribution in [0.4, 0.5) is 14.6 Å². The third kappa shape index (κ3) is 5.49. The maximum absolute atomic E-state index is 13.8. The summed E-state index contributed by atoms with van der Waals surface area (Å²) in [6.07, 6.45) is 3.42. The molecule has 2 aliphatic heterocycles. The number of carbonyl (C=O) groups excluding carboxylic acids is 1. The van der Waals surface area contributed by atoms with Gasteiger partial charge in [0, 0.05) is 68.2 Å². The molecule has 0 aromatic carbocycles. The zero-order valence-electron chi connectivity index (χ0n) is 23.8. The number of ether oxygens (including phenoxy) is 1. The molecule has 3 aliphatic rings. The molecule has 1 unspecified atom stereocenters. The highest BCUT2D eigenvalue weighted by molar-refractivity contribution is 5.95. The Hall–Kier alpha value is -3.67. The summed E-state index contributed by atoms with van der Waals surface area (Å²) in [5.74, 6) is 1.26. The first-order valence-corrected chi connectivity index (χ1v) is 14.1. The number of rotatable bonds is 7. The number of amides is 1. The van der Waals surface area contributed by atoms with Crippen molar-refractivity contribution in [2.75, 3.05) is 31.1 Å². The molecule has 3 aromatic rings. The summed E-state index contributed by atoms with van der Waals surface area (Å²) < 4.78 is 35.1. The molecular formula is C29H36F2N8O2. The Labute approximate surface area is 237 Å². The molecule has 41 heavy (non-hydrogen) atoms. The predicted octanol–water partition coefficient (Wildman–Crippen LogP) is 3.96. The number of hydrogen-bond donors (Lipinski definition) is 1. The minimum Gasteiger partial charge on any atom is -0.474 e. The molecule has 6 rings (SSSR count). The summed E-state index contributed by atoms with van der Waals surface area (Å²) in [5.41, 5.74) is 6.46. The van der Waals surface area contributed by atoms with Gasteiger partial charge in [-0.1, -0.05) is 13.8 Å². The number of halogens is 2. The Morgan fingerprint density at radius 1 is 1.12 bits per heavy atom. The number of aromatic nitrogens is 5. The van der Waals surface area contributed by atoms with E-state index in [0.29, 0.717) is 24.4 Å². The van der Waals surface area contributed by atoms with Gasteiger partial charge in [0.05, 0.1) is 5.56 Å². The smallest absolute Gasteiger partial charge is 0.282 e. The van der Waals surface area contributed by atoms with Crippen molar-refractivity contribution in [2.45, 2.75) is 58.6 Å². The molecule has 3 fully saturated rings. The fourth-order valence-corrected chi connectivity index (χ4v) is 5.77. The van der Waals surface area contributed by atoms with E-state index in [1.54, 1.807) is 11.0 Å². The topological polar surface area (TPSA) is 115 Å². The molecule has 2 saturated heterocycles. The lowest BCUT2D eigenvalue weighted by molar-refractivity contribution is 0.0739. The van der Waals surface area contributed by atoms with E-state index in [9.17, 15) is 13.6 Å². The molecule has 0 spiro atoms. The lowest BCUT2D eigenvalue weighted by Gasteiger charge is -2.38. The highest BCUT2D eigenvalue weighted by atomic mass is 19.3. The number of nitrogens with zero attached hydrogens (tertiary/aromatic N) is 7. The van der Waals surface area contributed by atoms with Gasteiger partial charge in [0.2, 0.25) is 11.8 Å². The number of piperidine rings is 2. The lowest BCUT2D eigenvalue weighted by atomic mass is 9.82. The third-order valence-electron chi connectivity index (χ3n) is 8.57. The van der Waals surface area contributed by atoms with Gasteiger partial charge in [-0.05, 0) is 49.8 Å². The van der Waals surface area contributed by atoms with Gasteiger partial charge in [-0.2, -0.15) is 10.1 Å². The first kappa shape index (κ1) is 27.5. The van der Waals surface area contributed by atoms with Crippen LogP contribution in [-0.4, -0.2) is 67.8 Å². The number of anilines is 1. The number of hydrogen-bond acceptors (Lipinski definition) is 8. The average molecular weight is 567 g/mol. The van der Waals surface area contributed by atoms with Gasteiger partial charge >= 0.3 is 0 Å². The summed E-state index contributed by atoms with van der Waals surface area (Å²) in [6, 6.07) is 5.57. The van der Waals surface area contributed by atoms with E-state index in [1.165, 1.54) is 18.6 Å². The molecule has 3 aromatic heterocycles. The zero-order chi connectivity index (χ0) is 29.1. The fourth-order valence-electron chi connectivity index (χ4n) is 5.77. The van der Waals surface area contributed by atoms with Crippen LogP contribution in [-0.2, 0) is 5.54 Å². The maximum Gasteiger partial charge on any atom is 0.282 e. The van der Waals surface area contributed by atoms with Gasteiger partial charge < -0.3 is 20.3 Å². The highest BCUT2D eigenvalue weighted by Crippen LogP contribution is 2.48. The van der Waals surface area contributed by atoms with E-state index in [0.717, 1.165) is 42.0 Å². The van der Waals surface area contributed by atoms with Gasteiger partial charge in [-0.3, -0.25) is 4.79 Å². The molecule has 10 nitrogen and oxygen atoms in total. The van der Waals surface area contributed by atoms with E-state index >= 15 is 0 Å². The van der Waals surface area contributed by atoms with Crippen LogP contribution in [0.5, 0.6) is 5.88 Å². The van der Waals surface area contributed by atoms with Crippen LogP contribution in [0, 0.1) is 17.3 Å². The van der Waals surface area contributed by atoms with Crippen molar-refractivity contribution in [3.63, 3.8) is 0 Å². The van der Waals surface area contributed by atoms with Crippen molar-refractivity contribution < 1.29 is 18.3 Å². The van der Waals surface area contributed by atoms with E-state index in [1.807, 2.05) is 19.9 Å². The highest BCUT2D eigenvalue weighted by Gasteiger charge is 2.59. The van der Waals surface area contributed by atoms with E-state index in [2.05, 4.69) is 39.9 Å². The number of carbonyl (C=O) groups is 1. The normalized spacial score (nSPS) is 23.6. The van der Waals surface area contributed by atoms with Crippen LogP contribution in [0.2, 0.25) is 0 Å². The maximum atomic E-state index is 13.8. The summed E-state index contributed by atoms with van der Waals surface area (Å²) in [4.78, 5) is 30.1. The van der Waals surface area contributed by atoms with Gasteiger partial charge in [0.15, 0.2) is 0 Å². The van der Waals surface area contributed by atoms with Crippen LogP contribution >= 0.6 is 0 Å². The summed E-state index contributed by atoms with van der Waals surface area (Å²) in [7, 11) is 0. The Balaban J connectivity index is 1.15. The third-order valence-corrected chi connectivity index (χ3v) is 8.57. The number of fused-ring (bicyclic) bond motifs is 1. The van der Waals surface area contributed by atoms with Crippen LogP contribution in [0.3, 0.4) is 0 Å². The predicted molar refractivity (Wildman–Crippen MR) is 148 cm³/mol. The molecule has 3 atom stereocenters. The van der Waals surface area contributed by atoms with Gasteiger partial charge in [0.1, 0.15) is 17.6 Å². The van der Waals surface area contributed by atoms with Crippen molar-refractivity contribution in [1.29, 1.82) is 0 Å². The van der Waals surface area contributed by atoms with Crippen molar-refractivity contribution >= 4 is 11.7 Å². The number of nitrogens with two attached hydrogens (primary N) is 1. The Morgan fingerprint density at radius 2 is 1.78 bits per heavy atom. The van der Waals surface area contributed by atoms with Crippen molar-refractivity contribution in [1.82, 2.24) is 29.6 Å². The number of pyridine rings is 1. The monoisotopic (exact) mass is 566 g/mol. The van der Waals surface area contributed by atoms with Gasteiger partial charge in [0.25, 0.3) is 12.3 Å². The molecule has 5 heterocycles. The summed E-state index contributed by atoms with van der Waals surface area (Å²) in [5, 5.41) is 3.90. The van der Waals surface area contributed by atoms with Crippen LogP contribution in [0.25, 0.3) is 5.95 Å². The first-order chi connectivity index (χ1) is 19.4. The molecule has 0 bridgehead atoms. The Bertz CT molecular complexity index is 1420. The molecule has 1 aliphatic carbocycles. The van der Waals surface area contributed by atoms with E-state index in [4.69, 9.17) is 15.5 Å². The Kier molecular flexibility index (Phi) is 6.71. The molecule has 2 N–H and O–H groups in total. The van der Waals surface area contributed by atoms with Crippen molar-refractivity contribution in [3.05, 3.63) is 53.6 Å². The standard InChI is InChI=1S/C29H36F2N8O2/c1-28(2)6-10-37(11-7-28)21-12-17(29(3,4)32)13-22(35-21)41-24-18-14-38(15-19(18)24)26(40)20-16-39(36-23(20)25(30)31)27-33-8-5-9-34-27/h5,8-9,12-13,16,18-19,24-25H,6-7,10-11,14-15,32H2,1-4H3/t18-,19+,24?. The quantitative estimate of drug-likeness (QED) is 0.457. The van der Waals surface area contributed by atoms with Gasteiger partial charge in [-0.15, -0.1) is 0 Å². The second-order valence-electron chi connectivity index (χ2n) is 12.8. The molecular weight excluding hydrogens is 530 g/mol. The molecule has 0 radical (unpaired) electrons. The fraction of sp³-hybridized carbons (Fsp3) is 0.552. The summed E-state index contributed by atoms with van der Waals surface area (Å²) in [6.45, 7) is 11.2. The average Bonchev–Trinajstić information content (AvgIpc) is 3.28. The largest absolute Gasteiger partial charge is 0.474 e. The lowest BCUT2D eigenvalue weighted by Crippen LogP contribution is -2.38. The number of likely N-dealkylation sites (tertiary alicyclic amines) is 1. The summed E-state index contributed by atoms with van der Waals surface area (Å²) >= 11 is 0. The minimum absolute atomic E-state index is 0.0918. The zero-order valence-corrected chi connectivity index (χ0v) is 23.8. The molecule has 12 heteroatoms. The second kappa shape index (κ2) is 10.0. The molecule has 1 saturated carbocycles. The van der Waals surface area contributed by atoms with Crippen LogP contribution in [0.15, 0.2) is 36.8 Å². The number of alkyl halides is 2. The van der Waals surface area contributed by atoms with Crippen molar-refractivity contribution in [2.24, 2.45) is 23.0 Å². The molecule has 218 valence electrons.